The number of carbonyl (C=O) groups excluding carboxylic acids is 1. The van der Waals surface area contributed by atoms with Gasteiger partial charge in [-0.3, -0.25) is 4.79 Å². The summed E-state index contributed by atoms with van der Waals surface area (Å²) in [4.78, 5) is 18.1. The van der Waals surface area contributed by atoms with E-state index in [4.69, 9.17) is 9.47 Å². The maximum atomic E-state index is 13.5. The van der Waals surface area contributed by atoms with Gasteiger partial charge in [0.2, 0.25) is 5.91 Å². The molecule has 0 aromatic heterocycles. The van der Waals surface area contributed by atoms with Gasteiger partial charge in [-0.1, -0.05) is 18.2 Å². The Kier molecular flexibility index (Phi) is 6.01. The van der Waals surface area contributed by atoms with Crippen LogP contribution in [0.15, 0.2) is 66.7 Å². The van der Waals surface area contributed by atoms with Gasteiger partial charge in [-0.25, -0.2) is 4.39 Å². The molecule has 2 aliphatic rings. The maximum absolute atomic E-state index is 13.5. The molecule has 3 aromatic carbocycles. The number of nitrogens with one attached hydrogen (secondary N) is 1. The number of hydrogen-bond acceptors (Lipinski definition) is 5. The lowest BCUT2D eigenvalue weighted by atomic mass is 9.83. The number of methoxy groups -OCH3 is 2. The number of halogens is 1. The van der Waals surface area contributed by atoms with Crippen LogP contribution in [-0.2, 0) is 11.2 Å². The van der Waals surface area contributed by atoms with Gasteiger partial charge in [-0.2, -0.15) is 0 Å². The van der Waals surface area contributed by atoms with Crippen LogP contribution in [-0.4, -0.2) is 45.8 Å². The predicted molar refractivity (Wildman–Crippen MR) is 132 cm³/mol. The molecule has 1 amide bonds. The molecule has 176 valence electrons. The molecule has 0 radical (unpaired) electrons. The van der Waals surface area contributed by atoms with Crippen molar-refractivity contribution < 1.29 is 18.7 Å². The Morgan fingerprint density at radius 3 is 2.53 bits per heavy atom. The van der Waals surface area contributed by atoms with Crippen molar-refractivity contribution in [3.05, 3.63) is 78.1 Å². The van der Waals surface area contributed by atoms with Crippen molar-refractivity contribution in [3.8, 4) is 11.5 Å². The van der Waals surface area contributed by atoms with E-state index in [1.807, 2.05) is 24.3 Å². The summed E-state index contributed by atoms with van der Waals surface area (Å²) in [5.41, 5.74) is 3.87. The highest BCUT2D eigenvalue weighted by atomic mass is 19.1. The molecule has 1 N–H and O–H groups in total. The number of amides is 1. The minimum atomic E-state index is -0.329. The van der Waals surface area contributed by atoms with Crippen LogP contribution in [0.5, 0.6) is 11.5 Å². The van der Waals surface area contributed by atoms with E-state index >= 15 is 0 Å². The first-order valence-corrected chi connectivity index (χ1v) is 11.5. The molecule has 0 bridgehead atoms. The highest BCUT2D eigenvalue weighted by molar-refractivity contribution is 5.94. The zero-order valence-corrected chi connectivity index (χ0v) is 19.3. The van der Waals surface area contributed by atoms with Gasteiger partial charge in [-0.15, -0.1) is 0 Å². The number of anilines is 3. The van der Waals surface area contributed by atoms with E-state index in [0.29, 0.717) is 18.7 Å². The predicted octanol–water partition coefficient (Wildman–Crippen LogP) is 4.35. The van der Waals surface area contributed by atoms with Crippen molar-refractivity contribution in [2.45, 2.75) is 12.5 Å². The van der Waals surface area contributed by atoms with E-state index in [1.54, 1.807) is 26.4 Å². The standard InChI is InChI=1S/C27H28FN3O3/c1-33-21-12-7-18-15-22(27(32)29-20-10-8-19(28)9-11-20)25-17-30(13-14-31(25)24(18)16-21)23-5-3-4-6-26(23)34-2/h3-12,16,22,25H,13-15,17H2,1-2H3,(H,29,32). The van der Waals surface area contributed by atoms with Gasteiger partial charge in [-0.05, 0) is 54.4 Å². The Bertz CT molecular complexity index is 1180. The molecule has 5 rings (SSSR count). The van der Waals surface area contributed by atoms with Gasteiger partial charge in [0.05, 0.1) is 31.9 Å². The van der Waals surface area contributed by atoms with Crippen molar-refractivity contribution in [2.24, 2.45) is 5.92 Å². The molecule has 2 aliphatic heterocycles. The summed E-state index contributed by atoms with van der Waals surface area (Å²) in [7, 11) is 3.34. The van der Waals surface area contributed by atoms with Crippen LogP contribution < -0.4 is 24.6 Å². The number of fused-ring (bicyclic) bond motifs is 3. The molecular formula is C27H28FN3O3. The van der Waals surface area contributed by atoms with E-state index in [-0.39, 0.29) is 23.7 Å². The van der Waals surface area contributed by atoms with Crippen LogP contribution in [0, 0.1) is 11.7 Å². The third kappa shape index (κ3) is 4.14. The lowest BCUT2D eigenvalue weighted by Gasteiger charge is -2.49. The summed E-state index contributed by atoms with van der Waals surface area (Å²) in [6.07, 6.45) is 0.618. The van der Waals surface area contributed by atoms with Crippen molar-refractivity contribution in [1.82, 2.24) is 0 Å². The fourth-order valence-electron chi connectivity index (χ4n) is 5.08. The number of ether oxygens (including phenoxy) is 2. The van der Waals surface area contributed by atoms with E-state index in [9.17, 15) is 9.18 Å². The molecule has 1 fully saturated rings. The topological polar surface area (TPSA) is 54.0 Å². The van der Waals surface area contributed by atoms with Crippen LogP contribution in [0.1, 0.15) is 5.56 Å². The number of hydrogen-bond donors (Lipinski definition) is 1. The SMILES string of the molecule is COc1ccc2c(c1)N1CCN(c3ccccc3OC)CC1C(C(=O)Nc1ccc(F)cc1)C2. The summed E-state index contributed by atoms with van der Waals surface area (Å²) >= 11 is 0. The molecule has 2 heterocycles. The molecule has 2 unspecified atom stereocenters. The van der Waals surface area contributed by atoms with E-state index in [2.05, 4.69) is 33.3 Å². The van der Waals surface area contributed by atoms with Crippen LogP contribution in [0.2, 0.25) is 0 Å². The average molecular weight is 462 g/mol. The first-order valence-electron chi connectivity index (χ1n) is 11.5. The van der Waals surface area contributed by atoms with Gasteiger partial charge in [0, 0.05) is 37.1 Å². The zero-order chi connectivity index (χ0) is 23.7. The highest BCUT2D eigenvalue weighted by Gasteiger charge is 2.42. The zero-order valence-electron chi connectivity index (χ0n) is 19.3. The first kappa shape index (κ1) is 22.1. The second kappa shape index (κ2) is 9.25. The Hall–Kier alpha value is -3.74. The third-order valence-electron chi connectivity index (χ3n) is 6.80. The molecule has 2 atom stereocenters. The second-order valence-corrected chi connectivity index (χ2v) is 8.68. The average Bonchev–Trinajstić information content (AvgIpc) is 2.88. The number of rotatable bonds is 5. The number of nitrogens with zero attached hydrogens (tertiary/aromatic N) is 2. The summed E-state index contributed by atoms with van der Waals surface area (Å²) in [6.45, 7) is 2.25. The quantitative estimate of drug-likeness (QED) is 0.612. The summed E-state index contributed by atoms with van der Waals surface area (Å²) in [5.74, 6) is 0.956. The van der Waals surface area contributed by atoms with Crippen LogP contribution in [0.25, 0.3) is 0 Å². The molecule has 0 aliphatic carbocycles. The molecule has 34 heavy (non-hydrogen) atoms. The maximum Gasteiger partial charge on any atom is 0.229 e. The van der Waals surface area contributed by atoms with Crippen LogP contribution >= 0.6 is 0 Å². The molecule has 0 spiro atoms. The molecule has 1 saturated heterocycles. The summed E-state index contributed by atoms with van der Waals surface area (Å²) < 4.78 is 24.4. The monoisotopic (exact) mass is 461 g/mol. The van der Waals surface area contributed by atoms with Gasteiger partial charge < -0.3 is 24.6 Å². The van der Waals surface area contributed by atoms with Crippen LogP contribution in [0.3, 0.4) is 0 Å². The Balaban J connectivity index is 1.48. The van der Waals surface area contributed by atoms with Gasteiger partial charge in [0.25, 0.3) is 0 Å². The van der Waals surface area contributed by atoms with Crippen molar-refractivity contribution in [3.63, 3.8) is 0 Å². The normalized spacial score (nSPS) is 19.1. The van der Waals surface area contributed by atoms with Gasteiger partial charge >= 0.3 is 0 Å². The molecule has 6 nitrogen and oxygen atoms in total. The van der Waals surface area contributed by atoms with Gasteiger partial charge in [0.1, 0.15) is 17.3 Å². The van der Waals surface area contributed by atoms with Crippen molar-refractivity contribution >= 4 is 23.0 Å². The molecule has 0 saturated carbocycles. The fraction of sp³-hybridized carbons (Fsp3) is 0.296. The number of benzene rings is 3. The van der Waals surface area contributed by atoms with Crippen molar-refractivity contribution in [2.75, 3.05) is 49.0 Å². The fourth-order valence-corrected chi connectivity index (χ4v) is 5.08. The molecule has 7 heteroatoms. The Morgan fingerprint density at radius 1 is 0.971 bits per heavy atom. The lowest BCUT2D eigenvalue weighted by molar-refractivity contribution is -0.120. The minimum absolute atomic E-state index is 0.0429. The smallest absolute Gasteiger partial charge is 0.229 e. The summed E-state index contributed by atoms with van der Waals surface area (Å²) in [5, 5.41) is 3.00. The number of piperazine rings is 1. The van der Waals surface area contributed by atoms with Gasteiger partial charge in [0.15, 0.2) is 0 Å². The second-order valence-electron chi connectivity index (χ2n) is 8.68. The molecule has 3 aromatic rings. The van der Waals surface area contributed by atoms with E-state index in [0.717, 1.165) is 41.5 Å². The first-order chi connectivity index (χ1) is 16.6. The lowest BCUT2D eigenvalue weighted by Crippen LogP contribution is -2.60. The number of para-hydroxylation sites is 2. The summed E-state index contributed by atoms with van der Waals surface area (Å²) in [6, 6.07) is 19.9. The van der Waals surface area contributed by atoms with E-state index < -0.39 is 0 Å². The number of carbonyl (C=O) groups is 1. The molecular weight excluding hydrogens is 433 g/mol. The Labute approximate surface area is 198 Å². The third-order valence-corrected chi connectivity index (χ3v) is 6.80. The van der Waals surface area contributed by atoms with E-state index in [1.165, 1.54) is 12.1 Å². The largest absolute Gasteiger partial charge is 0.497 e. The minimum Gasteiger partial charge on any atom is -0.497 e. The van der Waals surface area contributed by atoms with Crippen LogP contribution in [0.4, 0.5) is 21.5 Å². The Morgan fingerprint density at radius 2 is 1.76 bits per heavy atom. The highest BCUT2D eigenvalue weighted by Crippen LogP contribution is 2.40. The van der Waals surface area contributed by atoms with Crippen molar-refractivity contribution in [1.29, 1.82) is 0 Å².